The lowest BCUT2D eigenvalue weighted by molar-refractivity contribution is 0.317. The summed E-state index contributed by atoms with van der Waals surface area (Å²) < 4.78 is 7.63. The third-order valence-electron chi connectivity index (χ3n) is 3.93. The Labute approximate surface area is 158 Å². The van der Waals surface area contributed by atoms with Gasteiger partial charge in [-0.1, -0.05) is 18.3 Å². The quantitative estimate of drug-likeness (QED) is 0.529. The number of nitrogens with zero attached hydrogens (tertiary/aromatic N) is 3. The van der Waals surface area contributed by atoms with Crippen LogP contribution in [0.5, 0.6) is 5.75 Å². The molecule has 0 unspecified atom stereocenters. The second-order valence-corrected chi connectivity index (χ2v) is 7.84. The smallest absolute Gasteiger partial charge is 0.291 e. The van der Waals surface area contributed by atoms with E-state index in [0.717, 1.165) is 22.6 Å². The third kappa shape index (κ3) is 3.15. The number of thiophene rings is 1. The molecule has 4 rings (SSSR count). The zero-order valence-corrected chi connectivity index (χ0v) is 16.1. The zero-order chi connectivity index (χ0) is 18.1. The summed E-state index contributed by atoms with van der Waals surface area (Å²) in [5.74, 6) is 1.37. The molecule has 0 amide bonds. The highest BCUT2D eigenvalue weighted by Gasteiger charge is 2.12. The van der Waals surface area contributed by atoms with Crippen LogP contribution in [0.2, 0.25) is 0 Å². The van der Waals surface area contributed by atoms with Crippen molar-refractivity contribution < 1.29 is 4.74 Å². The van der Waals surface area contributed by atoms with E-state index < -0.39 is 0 Å². The monoisotopic (exact) mass is 383 g/mol. The lowest BCUT2D eigenvalue weighted by Crippen LogP contribution is -2.23. The minimum atomic E-state index is -0.126. The molecule has 0 saturated heterocycles. The van der Waals surface area contributed by atoms with Crippen LogP contribution in [0.15, 0.2) is 40.5 Å². The molecule has 0 bridgehead atoms. The summed E-state index contributed by atoms with van der Waals surface area (Å²) in [6, 6.07) is 9.67. The van der Waals surface area contributed by atoms with E-state index in [-0.39, 0.29) is 5.56 Å². The van der Waals surface area contributed by atoms with Gasteiger partial charge in [0.1, 0.15) is 5.75 Å². The van der Waals surface area contributed by atoms with Crippen LogP contribution < -0.4 is 14.8 Å². The Kier molecular flexibility index (Phi) is 4.57. The minimum Gasteiger partial charge on any atom is -0.494 e. The van der Waals surface area contributed by atoms with Crippen LogP contribution in [0, 0.1) is 6.92 Å². The highest BCUT2D eigenvalue weighted by atomic mass is 32.1. The third-order valence-corrected chi connectivity index (χ3v) is 5.86. The molecule has 4 aromatic rings. The Morgan fingerprint density at radius 3 is 2.69 bits per heavy atom. The van der Waals surface area contributed by atoms with E-state index in [2.05, 4.69) is 17.0 Å². The number of thiazole rings is 1. The SMILES string of the molecule is CCCOc1ccc(-c2nc3s/c(=C\c4sccc4C)c(=O)n3n2)cc1. The highest BCUT2D eigenvalue weighted by Crippen LogP contribution is 2.21. The normalized spacial score (nSPS) is 12.2. The maximum atomic E-state index is 12.6. The van der Waals surface area contributed by atoms with Crippen LogP contribution in [0.3, 0.4) is 0 Å². The van der Waals surface area contributed by atoms with E-state index in [4.69, 9.17) is 4.74 Å². The molecule has 0 atom stereocenters. The van der Waals surface area contributed by atoms with Gasteiger partial charge in [0.2, 0.25) is 4.96 Å². The fraction of sp³-hybridized carbons (Fsp3) is 0.211. The van der Waals surface area contributed by atoms with E-state index in [1.807, 2.05) is 48.7 Å². The molecule has 0 N–H and O–H groups in total. The molecule has 3 heterocycles. The Morgan fingerprint density at radius 1 is 1.23 bits per heavy atom. The minimum absolute atomic E-state index is 0.126. The lowest BCUT2D eigenvalue weighted by Gasteiger charge is -2.04. The van der Waals surface area contributed by atoms with Gasteiger partial charge >= 0.3 is 0 Å². The molecule has 0 spiro atoms. The lowest BCUT2D eigenvalue weighted by atomic mass is 10.2. The van der Waals surface area contributed by atoms with Crippen molar-refractivity contribution in [2.24, 2.45) is 0 Å². The average Bonchev–Trinajstić information content (AvgIpc) is 3.32. The summed E-state index contributed by atoms with van der Waals surface area (Å²) in [4.78, 5) is 18.8. The predicted octanol–water partition coefficient (Wildman–Crippen LogP) is 3.52. The highest BCUT2D eigenvalue weighted by molar-refractivity contribution is 7.15. The fourth-order valence-corrected chi connectivity index (χ4v) is 4.35. The summed E-state index contributed by atoms with van der Waals surface area (Å²) in [6.45, 7) is 4.80. The van der Waals surface area contributed by atoms with Crippen LogP contribution in [-0.2, 0) is 0 Å². The number of fused-ring (bicyclic) bond motifs is 1. The number of hydrogen-bond acceptors (Lipinski definition) is 6. The second-order valence-electron chi connectivity index (χ2n) is 5.89. The predicted molar refractivity (Wildman–Crippen MR) is 106 cm³/mol. The van der Waals surface area contributed by atoms with Gasteiger partial charge in [0.25, 0.3) is 5.56 Å². The number of rotatable bonds is 5. The molecule has 7 heteroatoms. The van der Waals surface area contributed by atoms with E-state index in [0.29, 0.717) is 21.9 Å². The number of aryl methyl sites for hydroxylation is 1. The van der Waals surface area contributed by atoms with Gasteiger partial charge in [-0.2, -0.15) is 9.50 Å². The molecule has 5 nitrogen and oxygen atoms in total. The Hall–Kier alpha value is -2.51. The summed E-state index contributed by atoms with van der Waals surface area (Å²) in [5.41, 5.74) is 1.91. The maximum absolute atomic E-state index is 12.6. The molecule has 0 aliphatic rings. The van der Waals surface area contributed by atoms with Crippen molar-refractivity contribution in [2.45, 2.75) is 20.3 Å². The topological polar surface area (TPSA) is 56.5 Å². The Bertz CT molecular complexity index is 1160. The first-order valence-corrected chi connectivity index (χ1v) is 10.0. The molecule has 0 fully saturated rings. The van der Waals surface area contributed by atoms with Crippen molar-refractivity contribution in [3.8, 4) is 17.1 Å². The molecule has 0 aliphatic carbocycles. The summed E-state index contributed by atoms with van der Waals surface area (Å²) >= 11 is 2.99. The summed E-state index contributed by atoms with van der Waals surface area (Å²) in [5, 5.41) is 6.42. The Morgan fingerprint density at radius 2 is 2.04 bits per heavy atom. The summed E-state index contributed by atoms with van der Waals surface area (Å²) in [6.07, 6.45) is 2.89. The molecular weight excluding hydrogens is 366 g/mol. The van der Waals surface area contributed by atoms with Crippen molar-refractivity contribution in [2.75, 3.05) is 6.61 Å². The van der Waals surface area contributed by atoms with Crippen molar-refractivity contribution in [1.82, 2.24) is 14.6 Å². The average molecular weight is 383 g/mol. The van der Waals surface area contributed by atoms with Gasteiger partial charge in [-0.3, -0.25) is 4.79 Å². The fourth-order valence-electron chi connectivity index (χ4n) is 2.53. The van der Waals surface area contributed by atoms with E-state index >= 15 is 0 Å². The maximum Gasteiger partial charge on any atom is 0.291 e. The molecular formula is C19H17N3O2S2. The molecule has 1 aromatic carbocycles. The molecule has 3 aromatic heterocycles. The Balaban J connectivity index is 1.68. The second kappa shape index (κ2) is 7.01. The molecule has 0 saturated carbocycles. The van der Waals surface area contributed by atoms with Crippen LogP contribution in [0.4, 0.5) is 0 Å². The van der Waals surface area contributed by atoms with Gasteiger partial charge in [-0.05, 0) is 60.7 Å². The van der Waals surface area contributed by atoms with Crippen LogP contribution in [0.1, 0.15) is 23.8 Å². The van der Waals surface area contributed by atoms with Crippen molar-refractivity contribution in [1.29, 1.82) is 0 Å². The first-order valence-electron chi connectivity index (χ1n) is 8.34. The van der Waals surface area contributed by atoms with Gasteiger partial charge in [0.05, 0.1) is 11.1 Å². The van der Waals surface area contributed by atoms with Gasteiger partial charge in [-0.15, -0.1) is 16.4 Å². The zero-order valence-electron chi connectivity index (χ0n) is 14.4. The van der Waals surface area contributed by atoms with Crippen LogP contribution in [-0.4, -0.2) is 21.2 Å². The van der Waals surface area contributed by atoms with Crippen LogP contribution in [0.25, 0.3) is 22.4 Å². The molecule has 0 radical (unpaired) electrons. The standard InChI is InChI=1S/C19H17N3O2S2/c1-3-9-24-14-6-4-13(5-7-14)17-20-19-22(21-17)18(23)16(26-19)11-15-12(2)8-10-25-15/h4-8,10-11H,3,9H2,1-2H3/b16-11-. The largest absolute Gasteiger partial charge is 0.494 e. The van der Waals surface area contributed by atoms with Gasteiger partial charge in [0.15, 0.2) is 5.82 Å². The van der Waals surface area contributed by atoms with Gasteiger partial charge < -0.3 is 4.74 Å². The van der Waals surface area contributed by atoms with E-state index in [9.17, 15) is 4.79 Å². The van der Waals surface area contributed by atoms with Crippen molar-refractivity contribution in [3.63, 3.8) is 0 Å². The number of aromatic nitrogens is 3. The molecule has 0 aliphatic heterocycles. The van der Waals surface area contributed by atoms with Crippen molar-refractivity contribution in [3.05, 3.63) is 61.0 Å². The first kappa shape index (κ1) is 16.9. The van der Waals surface area contributed by atoms with Crippen LogP contribution >= 0.6 is 22.7 Å². The van der Waals surface area contributed by atoms with E-state index in [1.54, 1.807) is 11.3 Å². The van der Waals surface area contributed by atoms with E-state index in [1.165, 1.54) is 21.4 Å². The number of hydrogen-bond donors (Lipinski definition) is 0. The van der Waals surface area contributed by atoms with Gasteiger partial charge in [-0.25, -0.2) is 0 Å². The summed E-state index contributed by atoms with van der Waals surface area (Å²) in [7, 11) is 0. The molecule has 132 valence electrons. The number of ether oxygens (including phenoxy) is 1. The first-order chi connectivity index (χ1) is 12.7. The van der Waals surface area contributed by atoms with Gasteiger partial charge in [0, 0.05) is 10.4 Å². The number of benzene rings is 1. The van der Waals surface area contributed by atoms with Crippen molar-refractivity contribution >= 4 is 33.7 Å². The molecule has 26 heavy (non-hydrogen) atoms.